The molecule has 0 aliphatic rings. The van der Waals surface area contributed by atoms with E-state index in [0.717, 1.165) is 17.5 Å². The first-order valence-corrected chi connectivity index (χ1v) is 12.6. The number of nitrogens with zero attached hydrogens (tertiary/aromatic N) is 2. The van der Waals surface area contributed by atoms with E-state index in [1.54, 1.807) is 0 Å². The van der Waals surface area contributed by atoms with Crippen molar-refractivity contribution in [1.82, 2.24) is 9.38 Å². The Morgan fingerprint density at radius 1 is 0.667 bits per heavy atom. The van der Waals surface area contributed by atoms with Crippen molar-refractivity contribution in [2.24, 2.45) is 0 Å². The molecule has 30 heavy (non-hydrogen) atoms. The maximum atomic E-state index is 6.42. The van der Waals surface area contributed by atoms with Crippen molar-refractivity contribution < 1.29 is 0 Å². The van der Waals surface area contributed by atoms with E-state index in [1.807, 2.05) is 22.7 Å². The van der Waals surface area contributed by atoms with E-state index in [4.69, 9.17) is 16.6 Å². The van der Waals surface area contributed by atoms with Crippen LogP contribution in [0.5, 0.6) is 0 Å². The summed E-state index contributed by atoms with van der Waals surface area (Å²) in [6.45, 7) is 0. The van der Waals surface area contributed by atoms with Crippen LogP contribution in [0.2, 0.25) is 5.02 Å². The normalized spacial score (nSPS) is 12.2. The van der Waals surface area contributed by atoms with Crippen molar-refractivity contribution in [1.29, 1.82) is 0 Å². The molecule has 148 valence electrons. The Labute approximate surface area is 182 Å². The number of hydrogen-bond donors (Lipinski definition) is 0. The number of pyridine rings is 1. The van der Waals surface area contributed by atoms with Crippen LogP contribution >= 0.6 is 18.9 Å². The Morgan fingerprint density at radius 3 is 1.63 bits per heavy atom. The van der Waals surface area contributed by atoms with E-state index >= 15 is 0 Å². The van der Waals surface area contributed by atoms with Crippen LogP contribution in [0.25, 0.3) is 5.65 Å². The van der Waals surface area contributed by atoms with E-state index in [9.17, 15) is 0 Å². The van der Waals surface area contributed by atoms with Crippen molar-refractivity contribution in [2.75, 3.05) is 0 Å². The number of halogens is 1. The molecule has 2 heterocycles. The average Bonchev–Trinajstić information content (AvgIpc) is 3.23. The van der Waals surface area contributed by atoms with Gasteiger partial charge in [0.05, 0.1) is 0 Å². The summed E-state index contributed by atoms with van der Waals surface area (Å²) < 4.78 is 2.03. The summed E-state index contributed by atoms with van der Waals surface area (Å²) in [5.41, 5.74) is 1.87. The Bertz CT molecular complexity index is 1170. The van der Waals surface area contributed by atoms with Gasteiger partial charge in [-0.15, -0.1) is 0 Å². The van der Waals surface area contributed by atoms with Gasteiger partial charge in [-0.25, -0.2) is 0 Å². The summed E-state index contributed by atoms with van der Waals surface area (Å²) in [6, 6.07) is 36.6. The van der Waals surface area contributed by atoms with Gasteiger partial charge in [0, 0.05) is 0 Å². The molecule has 0 saturated heterocycles. The first-order valence-electron chi connectivity index (χ1n) is 10.1. The minimum atomic E-state index is -2.36. The summed E-state index contributed by atoms with van der Waals surface area (Å²) in [5.74, 6) is 0. The van der Waals surface area contributed by atoms with Crippen molar-refractivity contribution in [3.8, 4) is 0 Å². The Balaban J connectivity index is 1.77. The molecular weight excluding hydrogens is 407 g/mol. The third-order valence-corrected chi connectivity index (χ3v) is 10.9. The summed E-state index contributed by atoms with van der Waals surface area (Å²) in [4.78, 5) is 4.94. The molecule has 4 heteroatoms. The van der Waals surface area contributed by atoms with Gasteiger partial charge in [-0.2, -0.15) is 0 Å². The first-order chi connectivity index (χ1) is 14.8. The molecule has 2 aromatic heterocycles. The number of aromatic nitrogens is 2. The van der Waals surface area contributed by atoms with E-state index in [-0.39, 0.29) is 0 Å². The average molecular weight is 429 g/mol. The summed E-state index contributed by atoms with van der Waals surface area (Å²) in [5, 5.41) is 4.82. The van der Waals surface area contributed by atoms with Crippen molar-refractivity contribution >= 4 is 40.4 Å². The summed E-state index contributed by atoms with van der Waals surface area (Å²) >= 11 is 6.42. The quantitative estimate of drug-likeness (QED) is 0.351. The molecule has 0 fully saturated rings. The molecule has 0 spiro atoms. The predicted molar refractivity (Wildman–Crippen MR) is 130 cm³/mol. The van der Waals surface area contributed by atoms with Gasteiger partial charge in [-0.05, 0) is 0 Å². The van der Waals surface area contributed by atoms with Crippen LogP contribution in [0.4, 0.5) is 0 Å². The molecule has 0 N–H and O–H groups in total. The molecular formula is C26H22ClN2P. The molecule has 2 nitrogen and oxygen atoms in total. The first kappa shape index (κ1) is 19.1. The molecule has 0 aliphatic carbocycles. The molecule has 0 aliphatic heterocycles. The topological polar surface area (TPSA) is 17.3 Å². The molecule has 0 radical (unpaired) electrons. The van der Waals surface area contributed by atoms with E-state index in [0.29, 0.717) is 5.02 Å². The van der Waals surface area contributed by atoms with Gasteiger partial charge in [0.1, 0.15) is 0 Å². The third kappa shape index (κ3) is 3.33. The second kappa shape index (κ2) is 8.07. The van der Waals surface area contributed by atoms with Gasteiger partial charge < -0.3 is 0 Å². The Hall–Kier alpha value is -2.93. The van der Waals surface area contributed by atoms with Crippen molar-refractivity contribution in [2.45, 2.75) is 6.16 Å². The number of benzene rings is 3. The molecule has 0 saturated carbocycles. The van der Waals surface area contributed by atoms with Crippen LogP contribution in [-0.4, -0.2) is 9.38 Å². The Morgan fingerprint density at radius 2 is 1.17 bits per heavy atom. The van der Waals surface area contributed by atoms with Gasteiger partial charge in [0.15, 0.2) is 0 Å². The number of imidazole rings is 1. The molecule has 0 unspecified atom stereocenters. The zero-order valence-electron chi connectivity index (χ0n) is 16.4. The van der Waals surface area contributed by atoms with E-state index in [1.165, 1.54) is 15.9 Å². The molecule has 5 rings (SSSR count). The van der Waals surface area contributed by atoms with Crippen LogP contribution in [0.3, 0.4) is 0 Å². The summed E-state index contributed by atoms with van der Waals surface area (Å²) in [7, 11) is -2.36. The van der Waals surface area contributed by atoms with E-state index < -0.39 is 7.26 Å². The fraction of sp³-hybridized carbons (Fsp3) is 0.0385. The van der Waals surface area contributed by atoms with Gasteiger partial charge in [-0.3, -0.25) is 0 Å². The zero-order chi connectivity index (χ0) is 20.4. The monoisotopic (exact) mass is 428 g/mol. The molecule has 0 bridgehead atoms. The molecule has 0 amide bonds. The maximum absolute atomic E-state index is 6.42. The number of rotatable bonds is 5. The van der Waals surface area contributed by atoms with Crippen molar-refractivity contribution in [3.63, 3.8) is 0 Å². The molecule has 3 aromatic carbocycles. The van der Waals surface area contributed by atoms with Gasteiger partial charge >= 0.3 is 182 Å². The van der Waals surface area contributed by atoms with Crippen LogP contribution in [0, 0.1) is 0 Å². The minimum absolute atomic E-state index is 0.676. The van der Waals surface area contributed by atoms with Crippen molar-refractivity contribution in [3.05, 3.63) is 126 Å². The SMILES string of the molecule is Clc1cccn2cc(C[PH](c3ccccc3)(c3ccccc3)c3ccccc3)nc12. The second-order valence-electron chi connectivity index (χ2n) is 7.50. The summed E-state index contributed by atoms with van der Waals surface area (Å²) in [6.07, 6.45) is 5.00. The number of hydrogen-bond acceptors (Lipinski definition) is 1. The fourth-order valence-corrected chi connectivity index (χ4v) is 9.18. The molecule has 0 atom stereocenters. The van der Waals surface area contributed by atoms with E-state index in [2.05, 4.69) is 97.2 Å². The van der Waals surface area contributed by atoms with Crippen LogP contribution in [0.15, 0.2) is 116 Å². The third-order valence-electron chi connectivity index (χ3n) is 5.73. The number of fused-ring (bicyclic) bond motifs is 1. The Kier molecular flexibility index (Phi) is 5.12. The van der Waals surface area contributed by atoms with Gasteiger partial charge in [0.25, 0.3) is 0 Å². The predicted octanol–water partition coefficient (Wildman–Crippen LogP) is 5.21. The standard InChI is InChI=1S/C26H22ClN2P/c27-25-17-10-18-29-19-21(28-26(25)29)20-30(22-11-4-1-5-12-22,23-13-6-2-7-14-23)24-15-8-3-9-16-24/h1-19,30H,20H2. The zero-order valence-corrected chi connectivity index (χ0v) is 18.2. The second-order valence-corrected chi connectivity index (χ2v) is 11.8. The van der Waals surface area contributed by atoms with Gasteiger partial charge in [0.2, 0.25) is 0 Å². The van der Waals surface area contributed by atoms with Crippen LogP contribution in [-0.2, 0) is 6.16 Å². The van der Waals surface area contributed by atoms with Gasteiger partial charge in [-0.1, -0.05) is 0 Å². The van der Waals surface area contributed by atoms with Crippen LogP contribution < -0.4 is 15.9 Å². The van der Waals surface area contributed by atoms with Crippen LogP contribution in [0.1, 0.15) is 5.69 Å². The molecule has 5 aromatic rings. The fourth-order valence-electron chi connectivity index (χ4n) is 4.36.